The lowest BCUT2D eigenvalue weighted by Gasteiger charge is -2.23. The molecule has 4 heterocycles. The van der Waals surface area contributed by atoms with Crippen LogP contribution in [-0.4, -0.2) is 36.4 Å². The number of pyridine rings is 4. The number of nitrogens with two attached hydrogens (primary N) is 1. The minimum Gasteiger partial charge on any atom is -0.506 e. The average Bonchev–Trinajstić information content (AvgIpc) is 3.24. The van der Waals surface area contributed by atoms with Crippen molar-refractivity contribution >= 4 is 62.9 Å². The van der Waals surface area contributed by atoms with Gasteiger partial charge in [0.15, 0.2) is 0 Å². The van der Waals surface area contributed by atoms with Crippen LogP contribution in [0, 0.1) is 27.7 Å². The molecular formula is C48H40Cl2F6N6O3. The Morgan fingerprint density at radius 3 is 1.77 bits per heavy atom. The van der Waals surface area contributed by atoms with E-state index in [1.165, 1.54) is 18.2 Å². The zero-order valence-corrected chi connectivity index (χ0v) is 36.5. The van der Waals surface area contributed by atoms with E-state index in [2.05, 4.69) is 25.3 Å². The molecule has 0 fully saturated rings. The second kappa shape index (κ2) is 21.1. The van der Waals surface area contributed by atoms with Crippen LogP contribution in [0.4, 0.5) is 38.0 Å². The minimum absolute atomic E-state index is 0.0447. The smallest absolute Gasteiger partial charge is 0.417 e. The lowest BCUT2D eigenvalue weighted by atomic mass is 9.94. The molecule has 0 spiro atoms. The molecule has 4 aromatic heterocycles. The highest BCUT2D eigenvalue weighted by Gasteiger charge is 2.35. The summed E-state index contributed by atoms with van der Waals surface area (Å²) >= 11 is 11.1. The van der Waals surface area contributed by atoms with Crippen LogP contribution in [0.15, 0.2) is 128 Å². The number of fused-ring (bicyclic) bond motifs is 2. The van der Waals surface area contributed by atoms with E-state index in [-0.39, 0.29) is 22.6 Å². The first-order chi connectivity index (χ1) is 30.6. The Hall–Kier alpha value is -6.97. The van der Waals surface area contributed by atoms with Crippen LogP contribution in [0.3, 0.4) is 0 Å². The van der Waals surface area contributed by atoms with Gasteiger partial charge in [-0.3, -0.25) is 4.79 Å². The van der Waals surface area contributed by atoms with E-state index < -0.39 is 39.6 Å². The van der Waals surface area contributed by atoms with Crippen LogP contribution in [-0.2, 0) is 12.4 Å². The number of aromatic hydroxyl groups is 2. The summed E-state index contributed by atoms with van der Waals surface area (Å²) in [5, 5.41) is 24.5. The molecule has 5 N–H and O–H groups in total. The van der Waals surface area contributed by atoms with E-state index in [0.717, 1.165) is 45.8 Å². The van der Waals surface area contributed by atoms with Crippen molar-refractivity contribution in [1.82, 2.24) is 19.9 Å². The van der Waals surface area contributed by atoms with Crippen molar-refractivity contribution in [2.75, 3.05) is 11.1 Å². The van der Waals surface area contributed by atoms with Crippen molar-refractivity contribution in [3.63, 3.8) is 0 Å². The van der Waals surface area contributed by atoms with Crippen LogP contribution in [0.25, 0.3) is 21.8 Å². The number of hydrogen-bond acceptors (Lipinski definition) is 9. The molecule has 65 heavy (non-hydrogen) atoms. The highest BCUT2D eigenvalue weighted by atomic mass is 35.5. The fourth-order valence-corrected chi connectivity index (χ4v) is 6.63. The standard InChI is InChI=1S/C24H19ClF3N3O.C10H9NO.C8H4ClF3O.C6H8N2/c1-13-9-10-29-20(11-13)31-21(16-6-8-19(25)18(12-16)24(26,27)28)17-7-5-15-4-3-14(2)30-22(15)23(17)32;1-7-5-6-8-3-2-4-9(12)10(8)11-7;9-7-2-1-5(4-13)3-6(7)8(10,11)12;1-5-2-3-8-6(7)4-5/h3-12,21,32H,1-2H3,(H,29,31);2-6,12H,1H3;1-4H;2-4H,1H3,(H2,7,8). The van der Waals surface area contributed by atoms with Crippen LogP contribution in [0.5, 0.6) is 11.5 Å². The number of halogens is 8. The van der Waals surface area contributed by atoms with Crippen molar-refractivity contribution < 1.29 is 41.4 Å². The fourth-order valence-electron chi connectivity index (χ4n) is 6.19. The van der Waals surface area contributed by atoms with Gasteiger partial charge in [-0.1, -0.05) is 71.7 Å². The number of aromatic nitrogens is 4. The Morgan fingerprint density at radius 2 is 1.20 bits per heavy atom. The summed E-state index contributed by atoms with van der Waals surface area (Å²) < 4.78 is 77.1. The summed E-state index contributed by atoms with van der Waals surface area (Å²) in [6.07, 6.45) is -5.50. The molecule has 0 aliphatic heterocycles. The Kier molecular flexibility index (Phi) is 16.0. The fraction of sp³-hybridized carbons (Fsp3) is 0.146. The number of alkyl halides is 6. The molecule has 0 radical (unpaired) electrons. The van der Waals surface area contributed by atoms with Gasteiger partial charge in [-0.15, -0.1) is 0 Å². The van der Waals surface area contributed by atoms with E-state index in [4.69, 9.17) is 28.9 Å². The van der Waals surface area contributed by atoms with Gasteiger partial charge in [0, 0.05) is 45.7 Å². The maximum Gasteiger partial charge on any atom is 0.417 e. The van der Waals surface area contributed by atoms with Crippen molar-refractivity contribution in [2.45, 2.75) is 46.1 Å². The number of nitrogens with zero attached hydrogens (tertiary/aromatic N) is 4. The molecule has 0 aliphatic carbocycles. The highest BCUT2D eigenvalue weighted by molar-refractivity contribution is 6.31. The van der Waals surface area contributed by atoms with Gasteiger partial charge in [0.1, 0.15) is 40.5 Å². The third kappa shape index (κ3) is 13.3. The van der Waals surface area contributed by atoms with Crippen molar-refractivity contribution in [1.29, 1.82) is 0 Å². The second-order valence-corrected chi connectivity index (χ2v) is 15.3. The largest absolute Gasteiger partial charge is 0.506 e. The van der Waals surface area contributed by atoms with Gasteiger partial charge >= 0.3 is 12.4 Å². The number of hydrogen-bond donors (Lipinski definition) is 4. The van der Waals surface area contributed by atoms with E-state index in [0.29, 0.717) is 40.2 Å². The highest BCUT2D eigenvalue weighted by Crippen LogP contribution is 2.41. The lowest BCUT2D eigenvalue weighted by molar-refractivity contribution is -0.138. The number of nitrogen functional groups attached to an aromatic ring is 1. The number of aryl methyl sites for hydroxylation is 4. The van der Waals surface area contributed by atoms with Gasteiger partial charge in [-0.05, 0) is 111 Å². The first kappa shape index (κ1) is 49.1. The minimum atomic E-state index is -4.62. The molecule has 0 saturated carbocycles. The lowest BCUT2D eigenvalue weighted by Crippen LogP contribution is -2.15. The Bertz CT molecular complexity index is 2930. The van der Waals surface area contributed by atoms with E-state index in [1.807, 2.05) is 75.4 Å². The second-order valence-electron chi connectivity index (χ2n) is 14.5. The van der Waals surface area contributed by atoms with Gasteiger partial charge < -0.3 is 21.3 Å². The number of nitrogens with one attached hydrogen (secondary N) is 1. The van der Waals surface area contributed by atoms with E-state index >= 15 is 0 Å². The monoisotopic (exact) mass is 932 g/mol. The van der Waals surface area contributed by atoms with E-state index in [9.17, 15) is 41.4 Å². The first-order valence-electron chi connectivity index (χ1n) is 19.3. The summed E-state index contributed by atoms with van der Waals surface area (Å²) in [6, 6.07) is 29.6. The number of para-hydroxylation sites is 1. The number of rotatable bonds is 5. The quantitative estimate of drug-likeness (QED) is 0.0978. The first-order valence-corrected chi connectivity index (χ1v) is 20.1. The maximum absolute atomic E-state index is 13.5. The average molecular weight is 934 g/mol. The molecule has 9 nitrogen and oxygen atoms in total. The maximum atomic E-state index is 13.5. The molecule has 8 aromatic rings. The van der Waals surface area contributed by atoms with Crippen LogP contribution in [0.2, 0.25) is 10.0 Å². The number of carbonyl (C=O) groups excluding carboxylic acids is 1. The summed E-state index contributed by atoms with van der Waals surface area (Å²) in [5.74, 6) is 1.18. The summed E-state index contributed by atoms with van der Waals surface area (Å²) in [4.78, 5) is 26.9. The Balaban J connectivity index is 0.000000195. The van der Waals surface area contributed by atoms with Gasteiger partial charge in [-0.25, -0.2) is 19.9 Å². The normalized spacial score (nSPS) is 11.6. The zero-order valence-electron chi connectivity index (χ0n) is 35.0. The third-order valence-corrected chi connectivity index (χ3v) is 10.0. The number of phenolic OH excluding ortho intramolecular Hbond substituents is 2. The number of anilines is 2. The van der Waals surface area contributed by atoms with Crippen molar-refractivity contribution in [3.05, 3.63) is 188 Å². The van der Waals surface area contributed by atoms with Gasteiger partial charge in [0.25, 0.3) is 0 Å². The zero-order chi connectivity index (χ0) is 47.6. The van der Waals surface area contributed by atoms with Gasteiger partial charge in [0.05, 0.1) is 27.2 Å². The number of benzene rings is 4. The van der Waals surface area contributed by atoms with Gasteiger partial charge in [0.2, 0.25) is 0 Å². The summed E-state index contributed by atoms with van der Waals surface area (Å²) in [7, 11) is 0. The molecule has 17 heteroatoms. The predicted octanol–water partition coefficient (Wildman–Crippen LogP) is 13.2. The van der Waals surface area contributed by atoms with Gasteiger partial charge in [-0.2, -0.15) is 26.3 Å². The van der Waals surface area contributed by atoms with Crippen molar-refractivity contribution in [3.8, 4) is 11.5 Å². The molecule has 4 aromatic carbocycles. The molecule has 8 rings (SSSR count). The summed E-state index contributed by atoms with van der Waals surface area (Å²) in [6.45, 7) is 7.57. The molecule has 0 amide bonds. The molecule has 1 atom stereocenters. The van der Waals surface area contributed by atoms with Crippen molar-refractivity contribution in [2.24, 2.45) is 0 Å². The molecule has 0 bridgehead atoms. The molecule has 1 unspecified atom stereocenters. The third-order valence-electron chi connectivity index (χ3n) is 9.36. The topological polar surface area (TPSA) is 147 Å². The van der Waals surface area contributed by atoms with Crippen LogP contribution >= 0.6 is 23.2 Å². The van der Waals surface area contributed by atoms with Crippen LogP contribution in [0.1, 0.15) is 61.2 Å². The van der Waals surface area contributed by atoms with E-state index in [1.54, 1.807) is 43.6 Å². The Labute approximate surface area is 379 Å². The number of phenols is 2. The molecule has 0 saturated heterocycles. The SMILES string of the molecule is Cc1ccc2cccc(O)c2n1.Cc1ccnc(N)c1.Cc1ccnc(NC(c2ccc(Cl)c(C(F)(F)F)c2)c2ccc3ccc(C)nc3c2O)c1.O=Cc1ccc(Cl)c(C(F)(F)F)c1. The molecule has 336 valence electrons. The number of aldehydes is 1. The predicted molar refractivity (Wildman–Crippen MR) is 242 cm³/mol. The Morgan fingerprint density at radius 1 is 0.646 bits per heavy atom. The molecule has 0 aliphatic rings. The number of carbonyl (C=O) groups is 1. The summed E-state index contributed by atoms with van der Waals surface area (Å²) in [5.41, 5.74) is 8.76. The van der Waals surface area contributed by atoms with Crippen LogP contribution < -0.4 is 11.1 Å². The molecular weight excluding hydrogens is 893 g/mol.